The Morgan fingerprint density at radius 2 is 1.88 bits per heavy atom. The Morgan fingerprint density at radius 3 is 2.75 bits per heavy atom. The molecule has 0 amide bonds. The van der Waals surface area contributed by atoms with Crippen LogP contribution in [0.5, 0.6) is 0 Å². The first kappa shape index (κ1) is 14.5. The minimum absolute atomic E-state index is 0.193. The summed E-state index contributed by atoms with van der Waals surface area (Å²) < 4.78 is 0. The molecule has 0 aliphatic heterocycles. The van der Waals surface area contributed by atoms with Crippen molar-refractivity contribution in [2.45, 2.75) is 6.54 Å². The number of nitrogens with zero attached hydrogens (tertiary/aromatic N) is 5. The van der Waals surface area contributed by atoms with Gasteiger partial charge in [-0.25, -0.2) is 4.98 Å². The molecule has 7 nitrogen and oxygen atoms in total. The molecule has 0 fully saturated rings. The molecular formula is C16H11ClN6O. The summed E-state index contributed by atoms with van der Waals surface area (Å²) in [7, 11) is 0. The van der Waals surface area contributed by atoms with E-state index in [1.807, 2.05) is 24.3 Å². The topological polar surface area (TPSA) is 89.4 Å². The van der Waals surface area contributed by atoms with Crippen LogP contribution in [0.4, 0.5) is 0 Å². The van der Waals surface area contributed by atoms with Gasteiger partial charge in [0, 0.05) is 5.56 Å². The van der Waals surface area contributed by atoms with Crippen LogP contribution in [-0.2, 0) is 6.54 Å². The van der Waals surface area contributed by atoms with Crippen molar-refractivity contribution in [3.8, 4) is 11.4 Å². The molecule has 1 N–H and O–H groups in total. The summed E-state index contributed by atoms with van der Waals surface area (Å²) in [4.78, 5) is 20.6. The van der Waals surface area contributed by atoms with Crippen molar-refractivity contribution in [1.29, 1.82) is 0 Å². The van der Waals surface area contributed by atoms with Crippen molar-refractivity contribution in [3.63, 3.8) is 0 Å². The standard InChI is InChI=1S/C16H11ClN6O/c17-12-7-3-1-5-10(12)15-20-22-23(21-15)9-14-18-13-8-4-2-6-11(13)16(24)19-14/h1-8H,9H2,(H,18,19,24). The third-order valence-corrected chi connectivity index (χ3v) is 3.85. The number of aromatic nitrogens is 6. The van der Waals surface area contributed by atoms with E-state index in [-0.39, 0.29) is 12.1 Å². The Kier molecular flexibility index (Phi) is 3.55. The molecule has 8 heteroatoms. The zero-order valence-electron chi connectivity index (χ0n) is 12.3. The largest absolute Gasteiger partial charge is 0.308 e. The predicted molar refractivity (Wildman–Crippen MR) is 89.7 cm³/mol. The highest BCUT2D eigenvalue weighted by atomic mass is 35.5. The fourth-order valence-corrected chi connectivity index (χ4v) is 2.62. The highest BCUT2D eigenvalue weighted by molar-refractivity contribution is 6.33. The number of fused-ring (bicyclic) bond motifs is 1. The van der Waals surface area contributed by atoms with E-state index in [1.54, 1.807) is 24.3 Å². The van der Waals surface area contributed by atoms with Gasteiger partial charge in [-0.3, -0.25) is 4.79 Å². The van der Waals surface area contributed by atoms with Gasteiger partial charge in [0.2, 0.25) is 5.82 Å². The van der Waals surface area contributed by atoms with Gasteiger partial charge < -0.3 is 4.98 Å². The monoisotopic (exact) mass is 338 g/mol. The molecule has 0 saturated carbocycles. The number of para-hydroxylation sites is 1. The Balaban J connectivity index is 1.67. The van der Waals surface area contributed by atoms with Crippen LogP contribution in [0.1, 0.15) is 5.82 Å². The lowest BCUT2D eigenvalue weighted by atomic mass is 10.2. The molecule has 0 radical (unpaired) electrons. The zero-order chi connectivity index (χ0) is 16.5. The van der Waals surface area contributed by atoms with Crippen LogP contribution in [-0.4, -0.2) is 30.2 Å². The van der Waals surface area contributed by atoms with Crippen LogP contribution in [0.3, 0.4) is 0 Å². The van der Waals surface area contributed by atoms with Gasteiger partial charge in [-0.2, -0.15) is 4.80 Å². The van der Waals surface area contributed by atoms with Gasteiger partial charge in [-0.1, -0.05) is 35.9 Å². The molecule has 118 valence electrons. The Labute approximate surface area is 140 Å². The number of tetrazole rings is 1. The number of halogens is 1. The molecule has 0 atom stereocenters. The second kappa shape index (κ2) is 5.86. The average Bonchev–Trinajstić information content (AvgIpc) is 3.03. The first-order valence-corrected chi connectivity index (χ1v) is 7.59. The van der Waals surface area contributed by atoms with Gasteiger partial charge in [0.05, 0.1) is 15.9 Å². The minimum Gasteiger partial charge on any atom is -0.308 e. The molecule has 0 aliphatic rings. The number of hydrogen-bond donors (Lipinski definition) is 1. The summed E-state index contributed by atoms with van der Waals surface area (Å²) in [5.41, 5.74) is 1.13. The molecule has 0 unspecified atom stereocenters. The summed E-state index contributed by atoms with van der Waals surface area (Å²) in [5, 5.41) is 13.4. The van der Waals surface area contributed by atoms with Gasteiger partial charge in [0.15, 0.2) is 0 Å². The van der Waals surface area contributed by atoms with Crippen molar-refractivity contribution in [2.75, 3.05) is 0 Å². The molecular weight excluding hydrogens is 328 g/mol. The number of aromatic amines is 1. The lowest BCUT2D eigenvalue weighted by Crippen LogP contribution is -2.15. The summed E-state index contributed by atoms with van der Waals surface area (Å²) in [6.07, 6.45) is 0. The number of benzene rings is 2. The van der Waals surface area contributed by atoms with Crippen molar-refractivity contribution in [2.24, 2.45) is 0 Å². The van der Waals surface area contributed by atoms with Crippen LogP contribution in [0.15, 0.2) is 53.3 Å². The van der Waals surface area contributed by atoms with Gasteiger partial charge >= 0.3 is 0 Å². The van der Waals surface area contributed by atoms with Gasteiger partial charge in [-0.15, -0.1) is 10.2 Å². The summed E-state index contributed by atoms with van der Waals surface area (Å²) in [6.45, 7) is 0.206. The zero-order valence-corrected chi connectivity index (χ0v) is 13.1. The minimum atomic E-state index is -0.193. The van der Waals surface area contributed by atoms with E-state index in [9.17, 15) is 4.79 Å². The van der Waals surface area contributed by atoms with Crippen LogP contribution in [0, 0.1) is 0 Å². The van der Waals surface area contributed by atoms with Crippen molar-refractivity contribution >= 4 is 22.5 Å². The molecule has 0 aliphatic carbocycles. The Morgan fingerprint density at radius 1 is 1.08 bits per heavy atom. The Hall–Kier alpha value is -3.06. The SMILES string of the molecule is O=c1[nH]c(Cn2nnc(-c3ccccc3Cl)n2)nc2ccccc12. The van der Waals surface area contributed by atoms with E-state index in [2.05, 4.69) is 25.4 Å². The van der Waals surface area contributed by atoms with E-state index >= 15 is 0 Å². The number of rotatable bonds is 3. The average molecular weight is 339 g/mol. The van der Waals surface area contributed by atoms with Crippen LogP contribution in [0.2, 0.25) is 5.02 Å². The molecule has 4 aromatic rings. The summed E-state index contributed by atoms with van der Waals surface area (Å²) in [5.74, 6) is 0.880. The third-order valence-electron chi connectivity index (χ3n) is 3.52. The van der Waals surface area contributed by atoms with E-state index in [4.69, 9.17) is 11.6 Å². The molecule has 4 rings (SSSR count). The first-order chi connectivity index (χ1) is 11.7. The highest BCUT2D eigenvalue weighted by Crippen LogP contribution is 2.23. The first-order valence-electron chi connectivity index (χ1n) is 7.21. The van der Waals surface area contributed by atoms with Crippen LogP contribution >= 0.6 is 11.6 Å². The van der Waals surface area contributed by atoms with Crippen LogP contribution in [0.25, 0.3) is 22.3 Å². The lowest BCUT2D eigenvalue weighted by molar-refractivity contribution is 0.555. The normalized spacial score (nSPS) is 11.0. The number of nitrogens with one attached hydrogen (secondary N) is 1. The van der Waals surface area contributed by atoms with Crippen LogP contribution < -0.4 is 5.56 Å². The maximum atomic E-state index is 12.1. The smallest absolute Gasteiger partial charge is 0.258 e. The maximum Gasteiger partial charge on any atom is 0.258 e. The van der Waals surface area contributed by atoms with Gasteiger partial charge in [0.25, 0.3) is 5.56 Å². The quantitative estimate of drug-likeness (QED) is 0.619. The fourth-order valence-electron chi connectivity index (χ4n) is 2.40. The molecule has 2 aromatic heterocycles. The number of H-pyrrole nitrogens is 1. The summed E-state index contributed by atoms with van der Waals surface area (Å²) in [6, 6.07) is 14.4. The predicted octanol–water partition coefficient (Wildman–Crippen LogP) is 2.28. The van der Waals surface area contributed by atoms with E-state index in [1.165, 1.54) is 4.80 Å². The molecule has 2 heterocycles. The lowest BCUT2D eigenvalue weighted by Gasteiger charge is -2.01. The third kappa shape index (κ3) is 2.65. The Bertz CT molecular complexity index is 1090. The van der Waals surface area contributed by atoms with Gasteiger partial charge in [0.1, 0.15) is 12.4 Å². The van der Waals surface area contributed by atoms with Crippen molar-refractivity contribution in [1.82, 2.24) is 30.2 Å². The highest BCUT2D eigenvalue weighted by Gasteiger charge is 2.11. The molecule has 0 spiro atoms. The van der Waals surface area contributed by atoms with E-state index < -0.39 is 0 Å². The number of hydrogen-bond acceptors (Lipinski definition) is 5. The summed E-state index contributed by atoms with van der Waals surface area (Å²) >= 11 is 6.14. The molecule has 0 bridgehead atoms. The van der Waals surface area contributed by atoms with E-state index in [0.717, 1.165) is 0 Å². The van der Waals surface area contributed by atoms with Crippen molar-refractivity contribution < 1.29 is 0 Å². The molecule has 2 aromatic carbocycles. The van der Waals surface area contributed by atoms with Crippen molar-refractivity contribution in [3.05, 3.63) is 69.7 Å². The fraction of sp³-hybridized carbons (Fsp3) is 0.0625. The van der Waals surface area contributed by atoms with E-state index in [0.29, 0.717) is 33.1 Å². The molecule has 0 saturated heterocycles. The second-order valence-corrected chi connectivity index (χ2v) is 5.56. The second-order valence-electron chi connectivity index (χ2n) is 5.15. The van der Waals surface area contributed by atoms with Gasteiger partial charge in [-0.05, 0) is 29.5 Å². The maximum absolute atomic E-state index is 12.1. The molecule has 24 heavy (non-hydrogen) atoms.